The first-order chi connectivity index (χ1) is 12.6. The molecule has 1 atom stereocenters. The third kappa shape index (κ3) is 3.30. The standard InChI is InChI=1S/C18H15Cl2N3O3/c1-10(21-14-3-2-4-15-16(14)25-8-7-24-15)17-22-23-18(26-17)12-6-5-11(19)9-13(12)20/h2-6,9-10,21H,7-8H2,1H3. The Morgan fingerprint density at radius 2 is 1.92 bits per heavy atom. The van der Waals surface area contributed by atoms with Crippen LogP contribution >= 0.6 is 23.2 Å². The summed E-state index contributed by atoms with van der Waals surface area (Å²) in [6.07, 6.45) is 0. The highest BCUT2D eigenvalue weighted by Gasteiger charge is 2.21. The fourth-order valence-electron chi connectivity index (χ4n) is 2.66. The fourth-order valence-corrected chi connectivity index (χ4v) is 3.15. The Morgan fingerprint density at radius 3 is 2.77 bits per heavy atom. The van der Waals surface area contributed by atoms with E-state index in [-0.39, 0.29) is 6.04 Å². The molecule has 0 amide bonds. The third-order valence-electron chi connectivity index (χ3n) is 3.91. The topological polar surface area (TPSA) is 69.4 Å². The van der Waals surface area contributed by atoms with Gasteiger partial charge in [0, 0.05) is 5.02 Å². The zero-order chi connectivity index (χ0) is 18.1. The van der Waals surface area contributed by atoms with Gasteiger partial charge in [-0.15, -0.1) is 10.2 Å². The molecule has 26 heavy (non-hydrogen) atoms. The minimum atomic E-state index is -0.237. The van der Waals surface area contributed by atoms with E-state index in [1.54, 1.807) is 18.2 Å². The highest BCUT2D eigenvalue weighted by molar-refractivity contribution is 6.36. The van der Waals surface area contributed by atoms with E-state index in [0.29, 0.717) is 52.1 Å². The number of para-hydroxylation sites is 1. The number of fused-ring (bicyclic) bond motifs is 1. The average Bonchev–Trinajstić information content (AvgIpc) is 3.12. The monoisotopic (exact) mass is 391 g/mol. The molecule has 1 aliphatic rings. The summed E-state index contributed by atoms with van der Waals surface area (Å²) in [5.41, 5.74) is 1.44. The Hall–Kier alpha value is -2.44. The second kappa shape index (κ2) is 7.05. The summed E-state index contributed by atoms with van der Waals surface area (Å²) in [5, 5.41) is 12.5. The molecule has 6 nitrogen and oxygen atoms in total. The van der Waals surface area contributed by atoms with Crippen molar-refractivity contribution in [2.45, 2.75) is 13.0 Å². The van der Waals surface area contributed by atoms with Gasteiger partial charge < -0.3 is 19.2 Å². The van der Waals surface area contributed by atoms with Crippen LogP contribution in [0.3, 0.4) is 0 Å². The van der Waals surface area contributed by atoms with Crippen LogP contribution in [0.4, 0.5) is 5.69 Å². The van der Waals surface area contributed by atoms with Gasteiger partial charge in [0.15, 0.2) is 11.5 Å². The Kier molecular flexibility index (Phi) is 4.61. The minimum absolute atomic E-state index is 0.237. The van der Waals surface area contributed by atoms with Gasteiger partial charge >= 0.3 is 0 Å². The quantitative estimate of drug-likeness (QED) is 0.675. The molecule has 4 rings (SSSR count). The fraction of sp³-hybridized carbons (Fsp3) is 0.222. The number of hydrogen-bond donors (Lipinski definition) is 1. The van der Waals surface area contributed by atoms with Crippen LogP contribution in [0, 0.1) is 0 Å². The normalized spacial score (nSPS) is 14.1. The van der Waals surface area contributed by atoms with Crippen LogP contribution in [0.25, 0.3) is 11.5 Å². The number of aromatic nitrogens is 2. The van der Waals surface area contributed by atoms with E-state index in [4.69, 9.17) is 37.1 Å². The van der Waals surface area contributed by atoms with Crippen molar-refractivity contribution in [1.82, 2.24) is 10.2 Å². The summed E-state index contributed by atoms with van der Waals surface area (Å²) >= 11 is 12.1. The lowest BCUT2D eigenvalue weighted by Crippen LogP contribution is -2.17. The predicted octanol–water partition coefficient (Wildman–Crippen LogP) is 4.99. The van der Waals surface area contributed by atoms with Crippen molar-refractivity contribution >= 4 is 28.9 Å². The second-order valence-electron chi connectivity index (χ2n) is 5.77. The largest absolute Gasteiger partial charge is 0.486 e. The summed E-state index contributed by atoms with van der Waals surface area (Å²) in [6.45, 7) is 2.98. The van der Waals surface area contributed by atoms with E-state index in [0.717, 1.165) is 5.69 Å². The van der Waals surface area contributed by atoms with Gasteiger partial charge in [0.1, 0.15) is 19.3 Å². The molecule has 0 bridgehead atoms. The molecule has 0 spiro atoms. The van der Waals surface area contributed by atoms with E-state index in [1.807, 2.05) is 25.1 Å². The van der Waals surface area contributed by atoms with Crippen LogP contribution in [-0.4, -0.2) is 23.4 Å². The summed E-state index contributed by atoms with van der Waals surface area (Å²) in [4.78, 5) is 0. The van der Waals surface area contributed by atoms with Gasteiger partial charge in [0.25, 0.3) is 0 Å². The summed E-state index contributed by atoms with van der Waals surface area (Å²) in [6, 6.07) is 10.6. The molecule has 3 aromatic rings. The molecule has 8 heteroatoms. The van der Waals surface area contributed by atoms with Gasteiger partial charge in [-0.25, -0.2) is 0 Å². The SMILES string of the molecule is CC(Nc1cccc2c1OCCO2)c1nnc(-c2ccc(Cl)cc2Cl)o1. The van der Waals surface area contributed by atoms with Crippen LogP contribution in [0.5, 0.6) is 11.5 Å². The maximum Gasteiger partial charge on any atom is 0.249 e. The summed E-state index contributed by atoms with van der Waals surface area (Å²) < 4.78 is 17.1. The van der Waals surface area contributed by atoms with Gasteiger partial charge in [0.05, 0.1) is 16.3 Å². The first kappa shape index (κ1) is 17.0. The van der Waals surface area contributed by atoms with Crippen molar-refractivity contribution in [1.29, 1.82) is 0 Å². The molecule has 0 saturated heterocycles. The van der Waals surface area contributed by atoms with Crippen molar-refractivity contribution in [2.75, 3.05) is 18.5 Å². The number of hydrogen-bond acceptors (Lipinski definition) is 6. The Morgan fingerprint density at radius 1 is 1.08 bits per heavy atom. The molecule has 0 aliphatic carbocycles. The van der Waals surface area contributed by atoms with Crippen LogP contribution in [-0.2, 0) is 0 Å². The first-order valence-electron chi connectivity index (χ1n) is 8.06. The zero-order valence-corrected chi connectivity index (χ0v) is 15.3. The number of nitrogens with zero attached hydrogens (tertiary/aromatic N) is 2. The van der Waals surface area contributed by atoms with E-state index in [2.05, 4.69) is 15.5 Å². The molecule has 2 heterocycles. The molecular weight excluding hydrogens is 377 g/mol. The molecule has 0 radical (unpaired) electrons. The summed E-state index contributed by atoms with van der Waals surface area (Å²) in [5.74, 6) is 2.17. The van der Waals surface area contributed by atoms with E-state index < -0.39 is 0 Å². The van der Waals surface area contributed by atoms with Gasteiger partial charge in [-0.05, 0) is 37.3 Å². The molecule has 0 saturated carbocycles. The number of rotatable bonds is 4. The molecular formula is C18H15Cl2N3O3. The lowest BCUT2D eigenvalue weighted by molar-refractivity contribution is 0.172. The van der Waals surface area contributed by atoms with Crippen molar-refractivity contribution in [3.05, 3.63) is 52.3 Å². The number of halogens is 2. The van der Waals surface area contributed by atoms with E-state index in [9.17, 15) is 0 Å². The molecule has 1 N–H and O–H groups in total. The van der Waals surface area contributed by atoms with Crippen molar-refractivity contribution < 1.29 is 13.9 Å². The predicted molar refractivity (Wildman–Crippen MR) is 99.2 cm³/mol. The minimum Gasteiger partial charge on any atom is -0.486 e. The number of nitrogens with one attached hydrogen (secondary N) is 1. The molecule has 1 unspecified atom stereocenters. The third-order valence-corrected chi connectivity index (χ3v) is 4.46. The second-order valence-corrected chi connectivity index (χ2v) is 6.61. The highest BCUT2D eigenvalue weighted by atomic mass is 35.5. The number of anilines is 1. The van der Waals surface area contributed by atoms with Gasteiger partial charge in [-0.1, -0.05) is 29.3 Å². The first-order valence-corrected chi connectivity index (χ1v) is 8.81. The van der Waals surface area contributed by atoms with Crippen LogP contribution in [0.2, 0.25) is 10.0 Å². The Balaban J connectivity index is 1.57. The van der Waals surface area contributed by atoms with Gasteiger partial charge in [-0.3, -0.25) is 0 Å². The Bertz CT molecular complexity index is 945. The van der Waals surface area contributed by atoms with Crippen LogP contribution < -0.4 is 14.8 Å². The molecule has 2 aromatic carbocycles. The highest BCUT2D eigenvalue weighted by Crippen LogP contribution is 2.39. The van der Waals surface area contributed by atoms with Crippen molar-refractivity contribution in [3.8, 4) is 23.0 Å². The lowest BCUT2D eigenvalue weighted by atomic mass is 10.2. The number of benzene rings is 2. The Labute approximate surface area is 160 Å². The molecule has 1 aromatic heterocycles. The lowest BCUT2D eigenvalue weighted by Gasteiger charge is -2.22. The maximum absolute atomic E-state index is 6.20. The molecule has 1 aliphatic heterocycles. The molecule has 134 valence electrons. The van der Waals surface area contributed by atoms with Crippen molar-refractivity contribution in [2.24, 2.45) is 0 Å². The summed E-state index contributed by atoms with van der Waals surface area (Å²) in [7, 11) is 0. The molecule has 0 fully saturated rings. The average molecular weight is 392 g/mol. The van der Waals surface area contributed by atoms with E-state index >= 15 is 0 Å². The van der Waals surface area contributed by atoms with Crippen molar-refractivity contribution in [3.63, 3.8) is 0 Å². The van der Waals surface area contributed by atoms with Crippen LogP contribution in [0.1, 0.15) is 18.9 Å². The zero-order valence-electron chi connectivity index (χ0n) is 13.8. The van der Waals surface area contributed by atoms with E-state index in [1.165, 1.54) is 0 Å². The van der Waals surface area contributed by atoms with Crippen LogP contribution in [0.15, 0.2) is 40.8 Å². The van der Waals surface area contributed by atoms with Gasteiger partial charge in [-0.2, -0.15) is 0 Å². The van der Waals surface area contributed by atoms with Gasteiger partial charge in [0.2, 0.25) is 11.8 Å². The maximum atomic E-state index is 6.20. The number of ether oxygens (including phenoxy) is 2. The smallest absolute Gasteiger partial charge is 0.249 e.